The predicted octanol–water partition coefficient (Wildman–Crippen LogP) is 4.71. The van der Waals surface area contributed by atoms with Crippen LogP contribution < -0.4 is 15.4 Å². The molecule has 0 aromatic heterocycles. The van der Waals surface area contributed by atoms with E-state index in [1.807, 2.05) is 32.9 Å². The molecule has 2 aromatic rings. The first-order chi connectivity index (χ1) is 12.7. The Morgan fingerprint density at radius 2 is 1.48 bits per heavy atom. The molecule has 0 radical (unpaired) electrons. The van der Waals surface area contributed by atoms with Gasteiger partial charge in [-0.3, -0.25) is 9.59 Å². The van der Waals surface area contributed by atoms with Gasteiger partial charge in [0, 0.05) is 11.8 Å². The lowest BCUT2D eigenvalue weighted by Crippen LogP contribution is -2.36. The molecule has 144 valence electrons. The zero-order valence-corrected chi connectivity index (χ0v) is 17.4. The molecule has 0 aliphatic carbocycles. The maximum Gasteiger partial charge on any atom is 0.258 e. The van der Waals surface area contributed by atoms with Gasteiger partial charge in [-0.05, 0) is 38.0 Å². The van der Waals surface area contributed by atoms with Gasteiger partial charge in [-0.25, -0.2) is 0 Å². The molecule has 2 rings (SSSR count). The van der Waals surface area contributed by atoms with E-state index in [4.69, 9.17) is 39.5 Å². The number of halogens is 3. The van der Waals surface area contributed by atoms with E-state index in [1.165, 1.54) is 12.1 Å². The Labute approximate surface area is 172 Å². The van der Waals surface area contributed by atoms with Gasteiger partial charge in [0.2, 0.25) is 5.91 Å². The summed E-state index contributed by atoms with van der Waals surface area (Å²) in [4.78, 5) is 24.0. The van der Waals surface area contributed by atoms with Crippen LogP contribution >= 0.6 is 34.8 Å². The molecule has 2 amide bonds. The Bertz CT molecular complexity index is 862. The number of hydrogen-bond donors (Lipinski definition) is 2. The summed E-state index contributed by atoms with van der Waals surface area (Å²) in [6.07, 6.45) is 0. The van der Waals surface area contributed by atoms with E-state index in [9.17, 15) is 9.59 Å². The van der Waals surface area contributed by atoms with E-state index in [1.54, 1.807) is 0 Å². The first-order valence-electron chi connectivity index (χ1n) is 8.09. The summed E-state index contributed by atoms with van der Waals surface area (Å²) in [6.45, 7) is 5.34. The highest BCUT2D eigenvalue weighted by Gasteiger charge is 2.12. The summed E-state index contributed by atoms with van der Waals surface area (Å²) >= 11 is 17.7. The lowest BCUT2D eigenvalue weighted by molar-refractivity contribution is -0.125. The van der Waals surface area contributed by atoms with Crippen molar-refractivity contribution in [2.75, 3.05) is 18.5 Å². The SMILES string of the molecule is Cc1cc(C)c(NC(=O)CNC(=O)COc2cc(Cl)c(Cl)cc2Cl)c(C)c1. The topological polar surface area (TPSA) is 67.4 Å². The second-order valence-electron chi connectivity index (χ2n) is 6.08. The van der Waals surface area contributed by atoms with Gasteiger partial charge in [0.05, 0.1) is 21.6 Å². The van der Waals surface area contributed by atoms with Gasteiger partial charge in [-0.2, -0.15) is 0 Å². The highest BCUT2D eigenvalue weighted by Crippen LogP contribution is 2.33. The molecule has 2 aromatic carbocycles. The molecule has 0 unspecified atom stereocenters. The molecule has 8 heteroatoms. The number of carbonyl (C=O) groups excluding carboxylic acids is 2. The molecular formula is C19H19Cl3N2O3. The van der Waals surface area contributed by atoms with Crippen molar-refractivity contribution in [1.29, 1.82) is 0 Å². The maximum absolute atomic E-state index is 12.1. The van der Waals surface area contributed by atoms with Crippen LogP contribution in [0.5, 0.6) is 5.75 Å². The van der Waals surface area contributed by atoms with Crippen LogP contribution in [0, 0.1) is 20.8 Å². The highest BCUT2D eigenvalue weighted by atomic mass is 35.5. The van der Waals surface area contributed by atoms with Crippen LogP contribution in [0.3, 0.4) is 0 Å². The Balaban J connectivity index is 1.85. The van der Waals surface area contributed by atoms with Crippen LogP contribution in [-0.2, 0) is 9.59 Å². The second kappa shape index (κ2) is 9.31. The van der Waals surface area contributed by atoms with Gasteiger partial charge < -0.3 is 15.4 Å². The minimum atomic E-state index is -0.468. The molecule has 0 aliphatic heterocycles. The Morgan fingerprint density at radius 1 is 0.889 bits per heavy atom. The number of rotatable bonds is 6. The monoisotopic (exact) mass is 428 g/mol. The van der Waals surface area contributed by atoms with Crippen molar-refractivity contribution in [3.63, 3.8) is 0 Å². The molecule has 0 bridgehead atoms. The quantitative estimate of drug-likeness (QED) is 0.654. The smallest absolute Gasteiger partial charge is 0.258 e. The van der Waals surface area contributed by atoms with Gasteiger partial charge in [-0.15, -0.1) is 0 Å². The number of aryl methyl sites for hydroxylation is 3. The molecule has 0 saturated carbocycles. The average molecular weight is 430 g/mol. The van der Waals surface area contributed by atoms with Crippen molar-refractivity contribution >= 4 is 52.3 Å². The molecule has 0 aliphatic rings. The molecule has 0 fully saturated rings. The number of hydrogen-bond acceptors (Lipinski definition) is 3. The van der Waals surface area contributed by atoms with Crippen LogP contribution in [0.1, 0.15) is 16.7 Å². The van der Waals surface area contributed by atoms with Crippen LogP contribution in [0.4, 0.5) is 5.69 Å². The third kappa shape index (κ3) is 6.03. The Hall–Kier alpha value is -1.95. The molecule has 0 spiro atoms. The normalized spacial score (nSPS) is 10.4. The van der Waals surface area contributed by atoms with E-state index in [-0.39, 0.29) is 39.9 Å². The number of carbonyl (C=O) groups is 2. The van der Waals surface area contributed by atoms with Gasteiger partial charge >= 0.3 is 0 Å². The zero-order chi connectivity index (χ0) is 20.1. The minimum absolute atomic E-state index is 0.177. The molecule has 5 nitrogen and oxygen atoms in total. The number of anilines is 1. The van der Waals surface area contributed by atoms with Gasteiger partial charge in [0.15, 0.2) is 6.61 Å². The Kier molecular flexibility index (Phi) is 7.36. The lowest BCUT2D eigenvalue weighted by atomic mass is 10.1. The number of amides is 2. The second-order valence-corrected chi connectivity index (χ2v) is 7.31. The summed E-state index contributed by atoms with van der Waals surface area (Å²) in [7, 11) is 0. The molecule has 2 N–H and O–H groups in total. The van der Waals surface area contributed by atoms with Crippen molar-refractivity contribution in [2.45, 2.75) is 20.8 Å². The van der Waals surface area contributed by atoms with E-state index in [0.29, 0.717) is 0 Å². The fraction of sp³-hybridized carbons (Fsp3) is 0.263. The molecule has 27 heavy (non-hydrogen) atoms. The Morgan fingerprint density at radius 3 is 2.11 bits per heavy atom. The molecule has 0 atom stereocenters. The highest BCUT2D eigenvalue weighted by molar-refractivity contribution is 6.43. The minimum Gasteiger partial charge on any atom is -0.482 e. The predicted molar refractivity (Wildman–Crippen MR) is 109 cm³/mol. The fourth-order valence-corrected chi connectivity index (χ4v) is 3.14. The lowest BCUT2D eigenvalue weighted by Gasteiger charge is -2.13. The van der Waals surface area contributed by atoms with Crippen molar-refractivity contribution < 1.29 is 14.3 Å². The largest absolute Gasteiger partial charge is 0.482 e. The summed E-state index contributed by atoms with van der Waals surface area (Å²) in [5.41, 5.74) is 3.79. The summed E-state index contributed by atoms with van der Waals surface area (Å²) in [5, 5.41) is 6.09. The fourth-order valence-electron chi connectivity index (χ4n) is 2.55. The first-order valence-corrected chi connectivity index (χ1v) is 9.22. The zero-order valence-electron chi connectivity index (χ0n) is 15.1. The standard InChI is InChI=1S/C19H19Cl3N2O3/c1-10-4-11(2)19(12(3)5-10)24-17(25)8-23-18(26)9-27-16-7-14(21)13(20)6-15(16)22/h4-7H,8-9H2,1-3H3,(H,23,26)(H,24,25). The van der Waals surface area contributed by atoms with Crippen molar-refractivity contribution in [3.8, 4) is 5.75 Å². The molecular weight excluding hydrogens is 411 g/mol. The van der Waals surface area contributed by atoms with Gasteiger partial charge in [-0.1, -0.05) is 52.5 Å². The van der Waals surface area contributed by atoms with Crippen molar-refractivity contribution in [3.05, 3.63) is 56.0 Å². The maximum atomic E-state index is 12.1. The first kappa shape index (κ1) is 21.4. The van der Waals surface area contributed by atoms with Crippen LogP contribution in [0.25, 0.3) is 0 Å². The van der Waals surface area contributed by atoms with E-state index < -0.39 is 5.91 Å². The van der Waals surface area contributed by atoms with E-state index >= 15 is 0 Å². The molecule has 0 saturated heterocycles. The number of ether oxygens (including phenoxy) is 1. The summed E-state index contributed by atoms with van der Waals surface area (Å²) < 4.78 is 5.32. The van der Waals surface area contributed by atoms with E-state index in [0.717, 1.165) is 22.4 Å². The summed E-state index contributed by atoms with van der Waals surface area (Å²) in [5.74, 6) is -0.563. The number of benzene rings is 2. The van der Waals surface area contributed by atoms with Crippen LogP contribution in [0.15, 0.2) is 24.3 Å². The average Bonchev–Trinajstić information content (AvgIpc) is 2.58. The van der Waals surface area contributed by atoms with Crippen molar-refractivity contribution in [1.82, 2.24) is 5.32 Å². The van der Waals surface area contributed by atoms with Crippen LogP contribution in [-0.4, -0.2) is 25.0 Å². The van der Waals surface area contributed by atoms with E-state index in [2.05, 4.69) is 10.6 Å². The third-order valence-corrected chi connectivity index (χ3v) is 4.74. The van der Waals surface area contributed by atoms with Crippen LogP contribution in [0.2, 0.25) is 15.1 Å². The van der Waals surface area contributed by atoms with Crippen molar-refractivity contribution in [2.24, 2.45) is 0 Å². The summed E-state index contributed by atoms with van der Waals surface area (Å²) in [6, 6.07) is 6.82. The van der Waals surface area contributed by atoms with Gasteiger partial charge in [0.1, 0.15) is 5.75 Å². The molecule has 0 heterocycles. The van der Waals surface area contributed by atoms with Gasteiger partial charge in [0.25, 0.3) is 5.91 Å². The third-order valence-electron chi connectivity index (χ3n) is 3.72. The number of nitrogens with one attached hydrogen (secondary N) is 2.